The van der Waals surface area contributed by atoms with Crippen LogP contribution < -0.4 is 0 Å². The Morgan fingerprint density at radius 2 is 2.17 bits per heavy atom. The molecule has 1 aliphatic carbocycles. The lowest BCUT2D eigenvalue weighted by Crippen LogP contribution is -2.09. The van der Waals surface area contributed by atoms with Crippen LogP contribution in [0.1, 0.15) is 12.8 Å². The first-order valence-electron chi connectivity index (χ1n) is 2.34. The second kappa shape index (κ2) is 1.23. The number of nitrogens with zero attached hydrogens (tertiary/aromatic N) is 1. The number of hydrogen-bond donors (Lipinski definition) is 0. The molecule has 0 amide bonds. The molecule has 0 unspecified atom stereocenters. The number of hydrogen-bond acceptors (Lipinski definition) is 1. The summed E-state index contributed by atoms with van der Waals surface area (Å²) >= 11 is 0. The molecule has 0 saturated heterocycles. The van der Waals surface area contributed by atoms with Crippen molar-refractivity contribution in [2.24, 2.45) is 0 Å². The Hall–Kier alpha value is -0.0400. The first-order valence-corrected chi connectivity index (χ1v) is 2.34. The van der Waals surface area contributed by atoms with Crippen LogP contribution in [0.25, 0.3) is 0 Å². The van der Waals surface area contributed by atoms with E-state index in [0.717, 1.165) is 6.04 Å². The monoisotopic (exact) mass is 84.1 g/mol. The highest BCUT2D eigenvalue weighted by Gasteiger charge is 2.18. The third-order valence-corrected chi connectivity index (χ3v) is 1.17. The van der Waals surface area contributed by atoms with Gasteiger partial charge in [-0.15, -0.1) is 0 Å². The Kier molecular flexibility index (Phi) is 0.845. The fourth-order valence-electron chi connectivity index (χ4n) is 0.515. The van der Waals surface area contributed by atoms with Crippen LogP contribution in [0.3, 0.4) is 0 Å². The molecule has 1 saturated carbocycles. The topological polar surface area (TPSA) is 3.24 Å². The van der Waals surface area contributed by atoms with Crippen LogP contribution in [-0.2, 0) is 0 Å². The Balaban J connectivity index is 2.13. The van der Waals surface area contributed by atoms with E-state index in [0.29, 0.717) is 0 Å². The summed E-state index contributed by atoms with van der Waals surface area (Å²) in [5.41, 5.74) is 0. The van der Waals surface area contributed by atoms with Gasteiger partial charge >= 0.3 is 0 Å². The zero-order chi connectivity index (χ0) is 4.57. The molecule has 0 aromatic carbocycles. The van der Waals surface area contributed by atoms with Gasteiger partial charge in [-0.05, 0) is 25.9 Å². The van der Waals surface area contributed by atoms with Crippen molar-refractivity contribution in [1.29, 1.82) is 0 Å². The summed E-state index contributed by atoms with van der Waals surface area (Å²) in [5, 5.41) is 0. The maximum absolute atomic E-state index is 3.73. The molecule has 0 N–H and O–H groups in total. The van der Waals surface area contributed by atoms with Gasteiger partial charge in [0.05, 0.1) is 0 Å². The molecule has 1 nitrogen and oxygen atoms in total. The average molecular weight is 84.1 g/mol. The van der Waals surface area contributed by atoms with Gasteiger partial charge in [0.15, 0.2) is 0 Å². The van der Waals surface area contributed by atoms with E-state index in [1.54, 1.807) is 0 Å². The molecule has 36 valence electrons. The van der Waals surface area contributed by atoms with Crippen LogP contribution >= 0.6 is 0 Å². The van der Waals surface area contributed by atoms with Crippen LogP contribution in [0.2, 0.25) is 0 Å². The zero-order valence-corrected chi connectivity index (χ0v) is 4.15. The minimum atomic E-state index is 0.824. The molecule has 1 rings (SSSR count). The Morgan fingerprint density at radius 3 is 2.17 bits per heavy atom. The molecule has 1 fully saturated rings. The molecule has 0 aromatic heterocycles. The Labute approximate surface area is 39.0 Å². The SMILES string of the molecule is [CH2-]N(C)C1CC1. The molecule has 0 aliphatic heterocycles. The van der Waals surface area contributed by atoms with Crippen molar-refractivity contribution in [1.82, 2.24) is 4.90 Å². The van der Waals surface area contributed by atoms with E-state index in [9.17, 15) is 0 Å². The van der Waals surface area contributed by atoms with Crippen molar-refractivity contribution in [2.45, 2.75) is 18.9 Å². The predicted molar refractivity (Wildman–Crippen MR) is 26.1 cm³/mol. The summed E-state index contributed by atoms with van der Waals surface area (Å²) < 4.78 is 0. The molecule has 0 radical (unpaired) electrons. The molecular weight excluding hydrogens is 74.1 g/mol. The fourth-order valence-corrected chi connectivity index (χ4v) is 0.515. The van der Waals surface area contributed by atoms with Crippen molar-refractivity contribution in [3.63, 3.8) is 0 Å². The highest BCUT2D eigenvalue weighted by molar-refractivity contribution is 4.81. The minimum Gasteiger partial charge on any atom is -0.459 e. The summed E-state index contributed by atoms with van der Waals surface area (Å²) in [6, 6.07) is 0.824. The van der Waals surface area contributed by atoms with Gasteiger partial charge in [-0.2, -0.15) is 0 Å². The third-order valence-electron chi connectivity index (χ3n) is 1.17. The molecule has 0 spiro atoms. The lowest BCUT2D eigenvalue weighted by atomic mass is 10.6. The Morgan fingerprint density at radius 1 is 1.67 bits per heavy atom. The van der Waals surface area contributed by atoms with Gasteiger partial charge < -0.3 is 4.90 Å². The van der Waals surface area contributed by atoms with Crippen molar-refractivity contribution in [2.75, 3.05) is 7.05 Å². The normalized spacial score (nSPS) is 22.5. The standard InChI is InChI=1S/C5H10N/c1-6(2)5-3-4-5/h5H,1,3-4H2,2H3/q-1. The van der Waals surface area contributed by atoms with Gasteiger partial charge in [0.25, 0.3) is 0 Å². The number of rotatable bonds is 1. The molecule has 6 heavy (non-hydrogen) atoms. The van der Waals surface area contributed by atoms with Crippen molar-refractivity contribution in [3.05, 3.63) is 7.05 Å². The van der Waals surface area contributed by atoms with E-state index in [1.807, 2.05) is 11.9 Å². The third kappa shape index (κ3) is 0.716. The van der Waals surface area contributed by atoms with Gasteiger partial charge in [0.1, 0.15) is 0 Å². The molecule has 0 aromatic rings. The van der Waals surface area contributed by atoms with Crippen LogP contribution in [0.5, 0.6) is 0 Å². The quantitative estimate of drug-likeness (QED) is 0.426. The largest absolute Gasteiger partial charge is 0.459 e. The molecule has 0 bridgehead atoms. The van der Waals surface area contributed by atoms with E-state index >= 15 is 0 Å². The van der Waals surface area contributed by atoms with Crippen molar-refractivity contribution < 1.29 is 0 Å². The zero-order valence-electron chi connectivity index (χ0n) is 4.15. The van der Waals surface area contributed by atoms with E-state index in [2.05, 4.69) is 7.05 Å². The smallest absolute Gasteiger partial charge is 0.0186 e. The summed E-state index contributed by atoms with van der Waals surface area (Å²) in [5.74, 6) is 0. The minimum absolute atomic E-state index is 0.824. The summed E-state index contributed by atoms with van der Waals surface area (Å²) in [4.78, 5) is 2.03. The Bertz CT molecular complexity index is 45.9. The van der Waals surface area contributed by atoms with Gasteiger partial charge in [0.2, 0.25) is 0 Å². The highest BCUT2D eigenvalue weighted by Crippen LogP contribution is 2.23. The average Bonchev–Trinajstić information content (AvgIpc) is 2.06. The van der Waals surface area contributed by atoms with Crippen molar-refractivity contribution in [3.8, 4) is 0 Å². The van der Waals surface area contributed by atoms with Crippen LogP contribution in [0.15, 0.2) is 0 Å². The van der Waals surface area contributed by atoms with Crippen LogP contribution in [0, 0.1) is 7.05 Å². The van der Waals surface area contributed by atoms with E-state index in [1.165, 1.54) is 12.8 Å². The van der Waals surface area contributed by atoms with Gasteiger partial charge in [0, 0.05) is 0 Å². The first kappa shape index (κ1) is 4.13. The molecule has 0 heterocycles. The lowest BCUT2D eigenvalue weighted by molar-refractivity contribution is 0.440. The molecule has 1 aliphatic rings. The highest BCUT2D eigenvalue weighted by atomic mass is 15.1. The molecule has 0 atom stereocenters. The van der Waals surface area contributed by atoms with Gasteiger partial charge in [-0.25, -0.2) is 0 Å². The second-order valence-corrected chi connectivity index (χ2v) is 1.99. The summed E-state index contributed by atoms with van der Waals surface area (Å²) in [7, 11) is 5.76. The van der Waals surface area contributed by atoms with E-state index in [4.69, 9.17) is 0 Å². The lowest BCUT2D eigenvalue weighted by Gasteiger charge is -2.14. The second-order valence-electron chi connectivity index (χ2n) is 1.99. The van der Waals surface area contributed by atoms with E-state index < -0.39 is 0 Å². The first-order chi connectivity index (χ1) is 2.80. The predicted octanol–water partition coefficient (Wildman–Crippen LogP) is 0.872. The van der Waals surface area contributed by atoms with Gasteiger partial charge in [-0.1, -0.05) is 0 Å². The van der Waals surface area contributed by atoms with E-state index in [-0.39, 0.29) is 0 Å². The maximum atomic E-state index is 3.73. The van der Waals surface area contributed by atoms with Gasteiger partial charge in [-0.3, -0.25) is 7.05 Å². The summed E-state index contributed by atoms with van der Waals surface area (Å²) in [6.45, 7) is 0. The molecule has 1 heteroatoms. The maximum Gasteiger partial charge on any atom is -0.0186 e. The van der Waals surface area contributed by atoms with Crippen molar-refractivity contribution >= 4 is 0 Å². The fraction of sp³-hybridized carbons (Fsp3) is 0.800. The molecular formula is C5H10N-. The van der Waals surface area contributed by atoms with Crippen LogP contribution in [-0.4, -0.2) is 18.0 Å². The van der Waals surface area contributed by atoms with Crippen LogP contribution in [0.4, 0.5) is 0 Å². The summed E-state index contributed by atoms with van der Waals surface area (Å²) in [6.07, 6.45) is 2.72.